The number of rotatable bonds is 3. The maximum atomic E-state index is 12.7. The molecule has 1 aliphatic carbocycles. The smallest absolute Gasteiger partial charge is 0.165 e. The van der Waals surface area contributed by atoms with Gasteiger partial charge in [-0.2, -0.15) is 0 Å². The molecule has 1 aromatic heterocycles. The van der Waals surface area contributed by atoms with Crippen molar-refractivity contribution in [3.05, 3.63) is 83.0 Å². The number of aromatic hydroxyl groups is 1. The second-order valence-electron chi connectivity index (χ2n) is 8.10. The highest BCUT2D eigenvalue weighted by Gasteiger charge is 2.32. The van der Waals surface area contributed by atoms with Crippen LogP contribution < -0.4 is 0 Å². The maximum Gasteiger partial charge on any atom is 0.165 e. The van der Waals surface area contributed by atoms with Crippen molar-refractivity contribution >= 4 is 5.78 Å². The molecule has 4 rings (SSSR count). The molecule has 0 spiro atoms. The first-order valence-corrected chi connectivity index (χ1v) is 9.31. The van der Waals surface area contributed by atoms with Crippen LogP contribution in [0.5, 0.6) is 5.75 Å². The van der Waals surface area contributed by atoms with Crippen molar-refractivity contribution in [2.45, 2.75) is 33.1 Å². The molecular formula is C24H23NO2. The van der Waals surface area contributed by atoms with E-state index in [0.29, 0.717) is 12.8 Å². The van der Waals surface area contributed by atoms with Crippen LogP contribution in [0.2, 0.25) is 0 Å². The second kappa shape index (κ2) is 6.66. The average Bonchev–Trinajstić information content (AvgIpc) is 2.63. The molecule has 0 amide bonds. The average molecular weight is 357 g/mol. The highest BCUT2D eigenvalue weighted by atomic mass is 16.3. The van der Waals surface area contributed by atoms with E-state index >= 15 is 0 Å². The van der Waals surface area contributed by atoms with Gasteiger partial charge in [0.1, 0.15) is 5.75 Å². The van der Waals surface area contributed by atoms with E-state index in [1.807, 2.05) is 54.6 Å². The summed E-state index contributed by atoms with van der Waals surface area (Å²) >= 11 is 0. The fourth-order valence-corrected chi connectivity index (χ4v) is 3.86. The first kappa shape index (κ1) is 17.5. The summed E-state index contributed by atoms with van der Waals surface area (Å²) in [4.78, 5) is 17.7. The maximum absolute atomic E-state index is 12.7. The topological polar surface area (TPSA) is 50.2 Å². The Morgan fingerprint density at radius 1 is 0.963 bits per heavy atom. The number of carbonyl (C=O) groups excluding carboxylic acids is 1. The van der Waals surface area contributed by atoms with Crippen molar-refractivity contribution in [1.82, 2.24) is 4.98 Å². The summed E-state index contributed by atoms with van der Waals surface area (Å²) in [7, 11) is 0. The van der Waals surface area contributed by atoms with Crippen LogP contribution in [0.15, 0.2) is 60.7 Å². The zero-order chi connectivity index (χ0) is 19.0. The number of phenols is 1. The van der Waals surface area contributed by atoms with E-state index in [0.717, 1.165) is 40.1 Å². The molecule has 0 fully saturated rings. The number of para-hydroxylation sites is 1. The van der Waals surface area contributed by atoms with E-state index in [2.05, 4.69) is 13.8 Å². The second-order valence-corrected chi connectivity index (χ2v) is 8.10. The molecule has 2 aromatic carbocycles. The number of hydrogen-bond acceptors (Lipinski definition) is 3. The number of Topliss-reactive ketones (excluding diaryl/α,β-unsaturated/α-hetero) is 1. The van der Waals surface area contributed by atoms with Gasteiger partial charge in [0.25, 0.3) is 0 Å². The molecule has 0 unspecified atom stereocenters. The SMILES string of the molecule is CC1(C)CC(=O)c2cc(Cc3ccccc3O)c(-c3ccccc3)nc2C1. The summed E-state index contributed by atoms with van der Waals surface area (Å²) in [6.45, 7) is 4.24. The van der Waals surface area contributed by atoms with Gasteiger partial charge in [0.2, 0.25) is 0 Å². The van der Waals surface area contributed by atoms with Crippen molar-refractivity contribution in [3.8, 4) is 17.0 Å². The number of phenolic OH excluding ortho intramolecular Hbond substituents is 1. The summed E-state index contributed by atoms with van der Waals surface area (Å²) in [5.41, 5.74) is 5.28. The lowest BCUT2D eigenvalue weighted by atomic mass is 9.75. The third kappa shape index (κ3) is 3.50. The van der Waals surface area contributed by atoms with E-state index in [4.69, 9.17) is 4.98 Å². The lowest BCUT2D eigenvalue weighted by molar-refractivity contribution is 0.0910. The molecule has 0 saturated carbocycles. The monoisotopic (exact) mass is 357 g/mol. The summed E-state index contributed by atoms with van der Waals surface area (Å²) in [6.07, 6.45) is 1.88. The van der Waals surface area contributed by atoms with Gasteiger partial charge >= 0.3 is 0 Å². The van der Waals surface area contributed by atoms with Crippen molar-refractivity contribution in [2.24, 2.45) is 5.41 Å². The van der Waals surface area contributed by atoms with Gasteiger partial charge in [-0.15, -0.1) is 0 Å². The van der Waals surface area contributed by atoms with Gasteiger partial charge in [0.15, 0.2) is 5.78 Å². The van der Waals surface area contributed by atoms with Crippen molar-refractivity contribution in [3.63, 3.8) is 0 Å². The Morgan fingerprint density at radius 3 is 2.41 bits per heavy atom. The number of ketones is 1. The van der Waals surface area contributed by atoms with E-state index < -0.39 is 0 Å². The molecule has 1 heterocycles. The van der Waals surface area contributed by atoms with Gasteiger partial charge in [-0.25, -0.2) is 0 Å². The van der Waals surface area contributed by atoms with Crippen molar-refractivity contribution in [1.29, 1.82) is 0 Å². The molecule has 3 aromatic rings. The quantitative estimate of drug-likeness (QED) is 0.701. The lowest BCUT2D eigenvalue weighted by Crippen LogP contribution is -2.28. The molecule has 136 valence electrons. The highest BCUT2D eigenvalue weighted by molar-refractivity contribution is 5.99. The number of aromatic nitrogens is 1. The van der Waals surface area contributed by atoms with Gasteiger partial charge in [-0.05, 0) is 35.1 Å². The third-order valence-corrected chi connectivity index (χ3v) is 5.19. The Labute approximate surface area is 159 Å². The Morgan fingerprint density at radius 2 is 1.67 bits per heavy atom. The predicted molar refractivity (Wildman–Crippen MR) is 107 cm³/mol. The molecule has 0 bridgehead atoms. The normalized spacial score (nSPS) is 15.4. The molecule has 3 heteroatoms. The first-order chi connectivity index (χ1) is 12.9. The standard InChI is InChI=1S/C24H23NO2/c1-24(2)14-20-19(22(27)15-24)13-18(12-17-10-6-7-11-21(17)26)23(25-20)16-8-4-3-5-9-16/h3-11,13,26H,12,14-15H2,1-2H3. The minimum Gasteiger partial charge on any atom is -0.508 e. The largest absolute Gasteiger partial charge is 0.508 e. The number of fused-ring (bicyclic) bond motifs is 1. The van der Waals surface area contributed by atoms with Crippen molar-refractivity contribution in [2.75, 3.05) is 0 Å². The summed E-state index contributed by atoms with van der Waals surface area (Å²) < 4.78 is 0. The van der Waals surface area contributed by atoms with Crippen LogP contribution in [-0.2, 0) is 12.8 Å². The van der Waals surface area contributed by atoms with Crippen LogP contribution >= 0.6 is 0 Å². The van der Waals surface area contributed by atoms with Crippen LogP contribution in [0, 0.1) is 5.41 Å². The van der Waals surface area contributed by atoms with E-state index in [-0.39, 0.29) is 16.9 Å². The molecule has 27 heavy (non-hydrogen) atoms. The van der Waals surface area contributed by atoms with E-state index in [1.165, 1.54) is 0 Å². The zero-order valence-electron chi connectivity index (χ0n) is 15.7. The summed E-state index contributed by atoms with van der Waals surface area (Å²) in [5.74, 6) is 0.425. The summed E-state index contributed by atoms with van der Waals surface area (Å²) in [5, 5.41) is 10.2. The summed E-state index contributed by atoms with van der Waals surface area (Å²) in [6, 6.07) is 19.4. The fraction of sp³-hybridized carbons (Fsp3) is 0.250. The molecule has 0 atom stereocenters. The first-order valence-electron chi connectivity index (χ1n) is 9.31. The number of pyridine rings is 1. The minimum atomic E-state index is -0.0652. The lowest BCUT2D eigenvalue weighted by Gasteiger charge is -2.30. The Bertz CT molecular complexity index is 1010. The van der Waals surface area contributed by atoms with E-state index in [1.54, 1.807) is 6.07 Å². The van der Waals surface area contributed by atoms with Gasteiger partial charge in [-0.3, -0.25) is 9.78 Å². The van der Waals surface area contributed by atoms with Gasteiger partial charge < -0.3 is 5.11 Å². The Balaban J connectivity index is 1.88. The highest BCUT2D eigenvalue weighted by Crippen LogP contribution is 2.37. The molecule has 1 aliphatic rings. The Kier molecular flexibility index (Phi) is 4.31. The predicted octanol–water partition coefficient (Wildman–Crippen LogP) is 5.20. The molecule has 0 aliphatic heterocycles. The van der Waals surface area contributed by atoms with Gasteiger partial charge in [-0.1, -0.05) is 62.4 Å². The van der Waals surface area contributed by atoms with Crippen LogP contribution in [0.1, 0.15) is 47.4 Å². The molecule has 0 saturated heterocycles. The number of nitrogens with zero attached hydrogens (tertiary/aromatic N) is 1. The molecule has 0 radical (unpaired) electrons. The number of carbonyl (C=O) groups is 1. The number of benzene rings is 2. The number of hydrogen-bond donors (Lipinski definition) is 1. The molecule has 3 nitrogen and oxygen atoms in total. The van der Waals surface area contributed by atoms with Crippen LogP contribution in [0.3, 0.4) is 0 Å². The van der Waals surface area contributed by atoms with Gasteiger partial charge in [0.05, 0.1) is 11.4 Å². The van der Waals surface area contributed by atoms with Gasteiger partial charge in [0, 0.05) is 24.0 Å². The minimum absolute atomic E-state index is 0.0652. The van der Waals surface area contributed by atoms with Crippen LogP contribution in [0.4, 0.5) is 0 Å². The zero-order valence-corrected chi connectivity index (χ0v) is 15.7. The Hall–Kier alpha value is -2.94. The van der Waals surface area contributed by atoms with Crippen LogP contribution in [0.25, 0.3) is 11.3 Å². The molecular weight excluding hydrogens is 334 g/mol. The third-order valence-electron chi connectivity index (χ3n) is 5.19. The van der Waals surface area contributed by atoms with Crippen molar-refractivity contribution < 1.29 is 9.90 Å². The fourth-order valence-electron chi connectivity index (χ4n) is 3.86. The van der Waals surface area contributed by atoms with E-state index in [9.17, 15) is 9.90 Å². The van der Waals surface area contributed by atoms with Crippen LogP contribution in [-0.4, -0.2) is 15.9 Å². The molecule has 1 N–H and O–H groups in total.